The third-order valence-electron chi connectivity index (χ3n) is 3.00. The number of hydrogen-bond donors (Lipinski definition) is 1. The first-order valence-corrected chi connectivity index (χ1v) is 7.60. The largest absolute Gasteiger partial charge is 0.492 e. The highest BCUT2D eigenvalue weighted by Gasteiger charge is 2.00. The number of aryl methyl sites for hydroxylation is 1. The lowest BCUT2D eigenvalue weighted by Crippen LogP contribution is -2.21. The molecule has 1 N–H and O–H groups in total. The normalized spacial score (nSPS) is 10.5. The van der Waals surface area contributed by atoms with Crippen LogP contribution in [0.5, 0.6) is 5.75 Å². The molecular weight excluding hydrogens is 316 g/mol. The fraction of sp³-hybridized carbons (Fsp3) is 0.312. The van der Waals surface area contributed by atoms with Gasteiger partial charge in [-0.2, -0.15) is 0 Å². The summed E-state index contributed by atoms with van der Waals surface area (Å²) in [6.07, 6.45) is 2.85. The summed E-state index contributed by atoms with van der Waals surface area (Å²) in [7, 11) is 0. The van der Waals surface area contributed by atoms with Crippen molar-refractivity contribution in [1.82, 2.24) is 10.3 Å². The minimum atomic E-state index is 0.644. The summed E-state index contributed by atoms with van der Waals surface area (Å²) in [6, 6.07) is 12.0. The number of halogens is 1. The Morgan fingerprint density at radius 1 is 1.25 bits per heavy atom. The standard InChI is InChI=1S/C16H19BrN2O/c1-2-13-5-4-8-19-16(13)12-18-9-10-20-15-7-3-6-14(17)11-15/h3-8,11,18H,2,9-10,12H2,1H3. The Bertz CT molecular complexity index is 546. The van der Waals surface area contributed by atoms with Crippen LogP contribution in [-0.4, -0.2) is 18.1 Å². The van der Waals surface area contributed by atoms with Crippen LogP contribution in [0.25, 0.3) is 0 Å². The van der Waals surface area contributed by atoms with E-state index in [-0.39, 0.29) is 0 Å². The quantitative estimate of drug-likeness (QED) is 0.786. The van der Waals surface area contributed by atoms with E-state index < -0.39 is 0 Å². The maximum Gasteiger partial charge on any atom is 0.120 e. The topological polar surface area (TPSA) is 34.2 Å². The van der Waals surface area contributed by atoms with Crippen molar-refractivity contribution in [3.8, 4) is 5.75 Å². The second-order valence-corrected chi connectivity index (χ2v) is 5.36. The van der Waals surface area contributed by atoms with Gasteiger partial charge in [-0.25, -0.2) is 0 Å². The summed E-state index contributed by atoms with van der Waals surface area (Å²) in [4.78, 5) is 4.41. The molecule has 20 heavy (non-hydrogen) atoms. The van der Waals surface area contributed by atoms with Crippen LogP contribution >= 0.6 is 15.9 Å². The van der Waals surface area contributed by atoms with Crippen LogP contribution in [0.2, 0.25) is 0 Å². The first-order chi connectivity index (χ1) is 9.79. The smallest absolute Gasteiger partial charge is 0.120 e. The lowest BCUT2D eigenvalue weighted by molar-refractivity contribution is 0.313. The van der Waals surface area contributed by atoms with E-state index in [2.05, 4.69) is 39.2 Å². The minimum Gasteiger partial charge on any atom is -0.492 e. The van der Waals surface area contributed by atoms with E-state index in [9.17, 15) is 0 Å². The minimum absolute atomic E-state index is 0.644. The number of rotatable bonds is 7. The van der Waals surface area contributed by atoms with Crippen LogP contribution < -0.4 is 10.1 Å². The molecule has 0 saturated carbocycles. The third-order valence-corrected chi connectivity index (χ3v) is 3.49. The van der Waals surface area contributed by atoms with E-state index in [1.807, 2.05) is 36.5 Å². The molecule has 0 amide bonds. The molecule has 3 nitrogen and oxygen atoms in total. The van der Waals surface area contributed by atoms with Gasteiger partial charge in [-0.3, -0.25) is 4.98 Å². The Morgan fingerprint density at radius 2 is 2.15 bits per heavy atom. The number of nitrogens with zero attached hydrogens (tertiary/aromatic N) is 1. The molecule has 2 aromatic rings. The number of pyridine rings is 1. The summed E-state index contributed by atoms with van der Waals surface area (Å²) in [5.74, 6) is 0.883. The molecule has 1 heterocycles. The van der Waals surface area contributed by atoms with Gasteiger partial charge in [0.05, 0.1) is 5.69 Å². The van der Waals surface area contributed by atoms with Crippen LogP contribution in [0.1, 0.15) is 18.2 Å². The second-order valence-electron chi connectivity index (χ2n) is 4.45. The van der Waals surface area contributed by atoms with Crippen molar-refractivity contribution in [1.29, 1.82) is 0 Å². The van der Waals surface area contributed by atoms with E-state index in [4.69, 9.17) is 4.74 Å². The first kappa shape index (κ1) is 15.0. The number of aromatic nitrogens is 1. The molecule has 0 spiro atoms. The zero-order valence-electron chi connectivity index (χ0n) is 11.6. The zero-order chi connectivity index (χ0) is 14.2. The molecule has 1 aromatic carbocycles. The van der Waals surface area contributed by atoms with Crippen LogP contribution in [0, 0.1) is 0 Å². The van der Waals surface area contributed by atoms with Gasteiger partial charge in [0, 0.05) is 23.8 Å². The summed E-state index contributed by atoms with van der Waals surface area (Å²) in [5, 5.41) is 3.36. The zero-order valence-corrected chi connectivity index (χ0v) is 13.2. The summed E-state index contributed by atoms with van der Waals surface area (Å²) < 4.78 is 6.70. The van der Waals surface area contributed by atoms with Gasteiger partial charge in [-0.1, -0.05) is 35.0 Å². The van der Waals surface area contributed by atoms with E-state index in [0.717, 1.165) is 35.4 Å². The summed E-state index contributed by atoms with van der Waals surface area (Å²) in [5.41, 5.74) is 2.42. The molecule has 0 saturated heterocycles. The molecule has 0 aliphatic carbocycles. The average molecular weight is 335 g/mol. The van der Waals surface area contributed by atoms with Crippen molar-refractivity contribution in [2.45, 2.75) is 19.9 Å². The Balaban J connectivity index is 1.71. The highest BCUT2D eigenvalue weighted by atomic mass is 79.9. The molecule has 0 fully saturated rings. The molecule has 0 bridgehead atoms. The lowest BCUT2D eigenvalue weighted by Gasteiger charge is -2.09. The fourth-order valence-electron chi connectivity index (χ4n) is 1.96. The highest BCUT2D eigenvalue weighted by Crippen LogP contribution is 2.17. The Labute approximate surface area is 128 Å². The van der Waals surface area contributed by atoms with Crippen molar-refractivity contribution < 1.29 is 4.74 Å². The van der Waals surface area contributed by atoms with Gasteiger partial charge >= 0.3 is 0 Å². The van der Waals surface area contributed by atoms with Crippen molar-refractivity contribution in [2.24, 2.45) is 0 Å². The van der Waals surface area contributed by atoms with E-state index >= 15 is 0 Å². The van der Waals surface area contributed by atoms with Crippen LogP contribution in [0.15, 0.2) is 47.1 Å². The van der Waals surface area contributed by atoms with Gasteiger partial charge in [0.2, 0.25) is 0 Å². The molecule has 0 atom stereocenters. The molecule has 106 valence electrons. The molecular formula is C16H19BrN2O. The SMILES string of the molecule is CCc1cccnc1CNCCOc1cccc(Br)c1. The molecule has 0 aliphatic heterocycles. The van der Waals surface area contributed by atoms with E-state index in [1.165, 1.54) is 5.56 Å². The number of benzene rings is 1. The molecule has 1 aromatic heterocycles. The average Bonchev–Trinajstić information content (AvgIpc) is 2.47. The fourth-order valence-corrected chi connectivity index (χ4v) is 2.34. The van der Waals surface area contributed by atoms with Gasteiger partial charge in [-0.05, 0) is 36.2 Å². The van der Waals surface area contributed by atoms with E-state index in [0.29, 0.717) is 6.61 Å². The van der Waals surface area contributed by atoms with Crippen LogP contribution in [0.4, 0.5) is 0 Å². The Morgan fingerprint density at radius 3 is 2.95 bits per heavy atom. The van der Waals surface area contributed by atoms with Crippen molar-refractivity contribution in [3.05, 3.63) is 58.3 Å². The summed E-state index contributed by atoms with van der Waals surface area (Å²) in [6.45, 7) is 4.37. The van der Waals surface area contributed by atoms with Crippen LogP contribution in [-0.2, 0) is 13.0 Å². The number of nitrogens with one attached hydrogen (secondary N) is 1. The maximum atomic E-state index is 5.67. The highest BCUT2D eigenvalue weighted by molar-refractivity contribution is 9.10. The molecule has 0 aliphatic rings. The third kappa shape index (κ3) is 4.62. The molecule has 0 radical (unpaired) electrons. The molecule has 2 rings (SSSR count). The number of ether oxygens (including phenoxy) is 1. The maximum absolute atomic E-state index is 5.67. The summed E-state index contributed by atoms with van der Waals surface area (Å²) >= 11 is 3.43. The number of hydrogen-bond acceptors (Lipinski definition) is 3. The molecule has 4 heteroatoms. The van der Waals surface area contributed by atoms with Crippen molar-refractivity contribution in [2.75, 3.05) is 13.2 Å². The van der Waals surface area contributed by atoms with Gasteiger partial charge < -0.3 is 10.1 Å². The van der Waals surface area contributed by atoms with Gasteiger partial charge in [-0.15, -0.1) is 0 Å². The predicted octanol–water partition coefficient (Wildman–Crippen LogP) is 3.58. The second kappa shape index (κ2) is 8.02. The Kier molecular flexibility index (Phi) is 6.02. The van der Waals surface area contributed by atoms with Crippen molar-refractivity contribution >= 4 is 15.9 Å². The van der Waals surface area contributed by atoms with Gasteiger partial charge in [0.15, 0.2) is 0 Å². The van der Waals surface area contributed by atoms with Gasteiger partial charge in [0.25, 0.3) is 0 Å². The predicted molar refractivity (Wildman–Crippen MR) is 85.0 cm³/mol. The lowest BCUT2D eigenvalue weighted by atomic mass is 10.1. The molecule has 0 unspecified atom stereocenters. The van der Waals surface area contributed by atoms with Crippen molar-refractivity contribution in [3.63, 3.8) is 0 Å². The van der Waals surface area contributed by atoms with Gasteiger partial charge in [0.1, 0.15) is 12.4 Å². The Hall–Kier alpha value is -1.39. The monoisotopic (exact) mass is 334 g/mol. The van der Waals surface area contributed by atoms with E-state index in [1.54, 1.807) is 0 Å². The van der Waals surface area contributed by atoms with Crippen LogP contribution in [0.3, 0.4) is 0 Å². The first-order valence-electron chi connectivity index (χ1n) is 6.81.